The topological polar surface area (TPSA) is 111 Å². The first-order valence-corrected chi connectivity index (χ1v) is 12.8. The number of nitrogens with one attached hydrogen (secondary N) is 1. The first-order valence-electron chi connectivity index (χ1n) is 10.3. The fourth-order valence-electron chi connectivity index (χ4n) is 3.10. The predicted molar refractivity (Wildman–Crippen MR) is 126 cm³/mol. The predicted octanol–water partition coefficient (Wildman–Crippen LogP) is 1.98. The Kier molecular flexibility index (Phi) is 8.76. The standard InChI is InChI=1S/C20H26F2N6O4S2/c1-26(2)18(29)12-27-7-9-28(10-8-27)34(30,31)25-16-11-17(32-3)24-20(23-16)33-13-14-5-4-6-15(21)19(14)22/h4-6,11H,7-10,12-13H2,1-3H3,(H-,23,24,25,30,31)/p+1. The summed E-state index contributed by atoms with van der Waals surface area (Å²) in [5, 5.41) is 0.160. The lowest BCUT2D eigenvalue weighted by Crippen LogP contribution is -2.54. The molecule has 34 heavy (non-hydrogen) atoms. The van der Waals surface area contributed by atoms with E-state index in [0.717, 1.165) is 17.8 Å². The number of thioether (sulfide) groups is 1. The van der Waals surface area contributed by atoms with Gasteiger partial charge in [-0.1, -0.05) is 28.2 Å². The lowest BCUT2D eigenvalue weighted by Gasteiger charge is -2.31. The number of methoxy groups -OCH3 is 1. The van der Waals surface area contributed by atoms with Gasteiger partial charge in [0.05, 0.1) is 26.7 Å². The van der Waals surface area contributed by atoms with E-state index in [1.807, 2.05) is 4.90 Å². The van der Waals surface area contributed by atoms with E-state index in [0.29, 0.717) is 13.1 Å². The maximum atomic E-state index is 13.9. The van der Waals surface area contributed by atoms with Gasteiger partial charge in [0.25, 0.3) is 0 Å². The van der Waals surface area contributed by atoms with E-state index in [9.17, 15) is 22.3 Å². The number of halogens is 2. The molecule has 0 aliphatic carbocycles. The Labute approximate surface area is 202 Å². The van der Waals surface area contributed by atoms with Crippen LogP contribution in [0.25, 0.3) is 0 Å². The van der Waals surface area contributed by atoms with Crippen LogP contribution >= 0.6 is 11.8 Å². The van der Waals surface area contributed by atoms with E-state index in [4.69, 9.17) is 4.74 Å². The van der Waals surface area contributed by atoms with Crippen molar-refractivity contribution in [3.63, 3.8) is 0 Å². The molecule has 1 fully saturated rings. The van der Waals surface area contributed by atoms with E-state index in [1.165, 1.54) is 34.5 Å². The Hall–Kier alpha value is -2.39. The molecule has 1 aliphatic rings. The Morgan fingerprint density at radius 2 is 1.97 bits per heavy atom. The number of likely N-dealkylation sites (N-methyl/N-ethyl adjacent to an activating group) is 1. The minimum atomic E-state index is -3.68. The average molecular weight is 518 g/mol. The zero-order valence-corrected chi connectivity index (χ0v) is 20.7. The van der Waals surface area contributed by atoms with E-state index in [2.05, 4.69) is 14.7 Å². The second-order valence-corrected chi connectivity index (χ2v) is 10.3. The number of aromatic nitrogens is 2. The minimum absolute atomic E-state index is 0.0347. The van der Waals surface area contributed by atoms with Gasteiger partial charge in [0.1, 0.15) is 0 Å². The molecule has 186 valence electrons. The highest BCUT2D eigenvalue weighted by atomic mass is 32.3. The summed E-state index contributed by atoms with van der Waals surface area (Å²) in [5.41, 5.74) is 0.141. The third-order valence-corrected chi connectivity index (χ3v) is 7.49. The molecule has 3 rings (SSSR count). The quantitative estimate of drug-likeness (QED) is 0.295. The summed E-state index contributed by atoms with van der Waals surface area (Å²) in [4.78, 5) is 23.7. The summed E-state index contributed by atoms with van der Waals surface area (Å²) in [7, 11) is 1.07. The van der Waals surface area contributed by atoms with Crippen molar-refractivity contribution < 1.29 is 27.1 Å². The molecule has 0 spiro atoms. The van der Waals surface area contributed by atoms with Gasteiger partial charge in [0, 0.05) is 44.6 Å². The van der Waals surface area contributed by atoms with Crippen molar-refractivity contribution in [1.29, 1.82) is 0 Å². The molecule has 0 radical (unpaired) electrons. The van der Waals surface area contributed by atoms with E-state index >= 15 is 0 Å². The zero-order valence-electron chi connectivity index (χ0n) is 19.0. The number of carbonyl (C=O) groups excluding carboxylic acids is 1. The number of rotatable bonds is 9. The lowest BCUT2D eigenvalue weighted by molar-refractivity contribution is -0.130. The fraction of sp³-hybridized carbons (Fsp3) is 0.450. The largest absolute Gasteiger partial charge is 0.481 e. The van der Waals surface area contributed by atoms with Crippen LogP contribution in [0.1, 0.15) is 5.56 Å². The van der Waals surface area contributed by atoms with E-state index < -0.39 is 22.2 Å². The maximum absolute atomic E-state index is 13.9. The number of hydrogen-bond donors (Lipinski definition) is 2. The van der Waals surface area contributed by atoms with Crippen LogP contribution in [-0.4, -0.2) is 88.5 Å². The number of benzene rings is 1. The normalized spacial score (nSPS) is 16.6. The van der Waals surface area contributed by atoms with E-state index in [-0.39, 0.29) is 53.7 Å². The van der Waals surface area contributed by atoms with Crippen molar-refractivity contribution in [3.05, 3.63) is 41.5 Å². The number of anilines is 1. The summed E-state index contributed by atoms with van der Waals surface area (Å²) in [6, 6.07) is 5.27. The van der Waals surface area contributed by atoms with Crippen LogP contribution in [0.15, 0.2) is 29.4 Å². The molecule has 1 aliphatic heterocycles. The molecule has 0 bridgehead atoms. The van der Waals surface area contributed by atoms with Gasteiger partial charge in [0.2, 0.25) is 11.8 Å². The molecule has 1 amide bonds. The molecule has 1 saturated heterocycles. The molecule has 0 saturated carbocycles. The second kappa shape index (κ2) is 11.4. The van der Waals surface area contributed by atoms with Crippen LogP contribution < -0.4 is 9.46 Å². The molecule has 2 aromatic rings. The molecule has 14 heteroatoms. The highest BCUT2D eigenvalue weighted by Gasteiger charge is 2.39. The third kappa shape index (κ3) is 6.82. The van der Waals surface area contributed by atoms with Gasteiger partial charge in [-0.3, -0.25) is 9.69 Å². The number of amides is 1. The van der Waals surface area contributed by atoms with Gasteiger partial charge in [-0.15, -0.1) is 9.27 Å². The monoisotopic (exact) mass is 517 g/mol. The molecule has 2 N–H and O–H groups in total. The Balaban J connectivity index is 1.65. The number of carbonyl (C=O) groups is 1. The Morgan fingerprint density at radius 3 is 2.62 bits per heavy atom. The second-order valence-electron chi connectivity index (χ2n) is 7.67. The van der Waals surface area contributed by atoms with Crippen LogP contribution in [0, 0.1) is 11.6 Å². The van der Waals surface area contributed by atoms with Crippen LogP contribution in [0.5, 0.6) is 5.88 Å². The Bertz CT molecular complexity index is 1070. The summed E-state index contributed by atoms with van der Waals surface area (Å²) in [6.45, 7) is 1.69. The van der Waals surface area contributed by atoms with Crippen LogP contribution in [0.4, 0.5) is 14.6 Å². The number of hydrogen-bond acceptors (Lipinski definition) is 7. The highest BCUT2D eigenvalue weighted by molar-refractivity contribution is 7.98. The first kappa shape index (κ1) is 26.2. The molecular formula is C20H27F2N6O4S2+. The average Bonchev–Trinajstić information content (AvgIpc) is 2.79. The van der Waals surface area contributed by atoms with Crippen molar-refractivity contribution in [1.82, 2.24) is 24.1 Å². The molecule has 1 aromatic carbocycles. The van der Waals surface area contributed by atoms with Gasteiger partial charge < -0.3 is 9.64 Å². The maximum Gasteiger partial charge on any atom is 0.398 e. The molecule has 1 unspecified atom stereocenters. The molecule has 1 aromatic heterocycles. The molecular weight excluding hydrogens is 490 g/mol. The first-order chi connectivity index (χ1) is 16.1. The Morgan fingerprint density at radius 1 is 1.26 bits per heavy atom. The van der Waals surface area contributed by atoms with Gasteiger partial charge in [0.15, 0.2) is 22.6 Å². The van der Waals surface area contributed by atoms with Crippen LogP contribution in [0.3, 0.4) is 0 Å². The summed E-state index contributed by atoms with van der Waals surface area (Å²) < 4.78 is 60.1. The van der Waals surface area contributed by atoms with Crippen molar-refractivity contribution in [2.24, 2.45) is 0 Å². The zero-order chi connectivity index (χ0) is 24.9. The van der Waals surface area contributed by atoms with Crippen LogP contribution in [0.2, 0.25) is 0 Å². The molecule has 2 heterocycles. The molecule has 1 atom stereocenters. The van der Waals surface area contributed by atoms with Crippen molar-refractivity contribution in [2.75, 3.05) is 58.7 Å². The van der Waals surface area contributed by atoms with Gasteiger partial charge >= 0.3 is 10.6 Å². The van der Waals surface area contributed by atoms with Crippen molar-refractivity contribution in [2.45, 2.75) is 10.9 Å². The summed E-state index contributed by atoms with van der Waals surface area (Å²) in [5.74, 6) is -1.68. The van der Waals surface area contributed by atoms with E-state index in [1.54, 1.807) is 14.1 Å². The highest BCUT2D eigenvalue weighted by Crippen LogP contribution is 2.27. The van der Waals surface area contributed by atoms with Gasteiger partial charge in [-0.05, 0) is 10.3 Å². The van der Waals surface area contributed by atoms with Crippen molar-refractivity contribution >= 4 is 34.1 Å². The number of nitrogens with zero attached hydrogens (tertiary/aromatic N) is 5. The minimum Gasteiger partial charge on any atom is -0.481 e. The summed E-state index contributed by atoms with van der Waals surface area (Å²) >= 11 is 1.03. The van der Waals surface area contributed by atoms with Crippen LogP contribution in [-0.2, 0) is 25.3 Å². The van der Waals surface area contributed by atoms with Crippen molar-refractivity contribution in [3.8, 4) is 5.88 Å². The SMILES string of the molecule is COc1cc(N[S+](=O)(O)N2CCN(CC(=O)N(C)C)CC2)nc(SCc2cccc(F)c2F)n1. The molecule has 10 nitrogen and oxygen atoms in total. The van der Waals surface area contributed by atoms with Gasteiger partial charge in [-0.2, -0.15) is 4.98 Å². The van der Waals surface area contributed by atoms with Gasteiger partial charge in [-0.25, -0.2) is 13.8 Å². The summed E-state index contributed by atoms with van der Waals surface area (Å²) in [6.07, 6.45) is 0. The third-order valence-electron chi connectivity index (χ3n) is 5.06. The number of ether oxygens (including phenoxy) is 1. The smallest absolute Gasteiger partial charge is 0.398 e. The fourth-order valence-corrected chi connectivity index (χ4v) is 5.09. The lowest BCUT2D eigenvalue weighted by atomic mass is 10.2. The number of piperazine rings is 1.